The van der Waals surface area contributed by atoms with E-state index in [1.54, 1.807) is 29.1 Å². The number of fused-ring (bicyclic) bond motifs is 2. The lowest BCUT2D eigenvalue weighted by atomic mass is 10.0. The van der Waals surface area contributed by atoms with Crippen LogP contribution in [0.15, 0.2) is 54.7 Å². The molecule has 0 aliphatic heterocycles. The second kappa shape index (κ2) is 7.74. The van der Waals surface area contributed by atoms with E-state index in [4.69, 9.17) is 28.2 Å². The number of nitrogens with zero attached hydrogens (tertiary/aromatic N) is 3. The van der Waals surface area contributed by atoms with Crippen LogP contribution in [-0.2, 0) is 19.4 Å². The summed E-state index contributed by atoms with van der Waals surface area (Å²) in [6, 6.07) is 14.9. The Morgan fingerprint density at radius 2 is 1.97 bits per heavy atom. The SMILES string of the molecule is O=C(Nc1ccnn1Cc1ccc(Cl)cc1Cl)c1c2c(nc3ccccc13)CCC2. The van der Waals surface area contributed by atoms with Crippen molar-refractivity contribution < 1.29 is 4.79 Å². The summed E-state index contributed by atoms with van der Waals surface area (Å²) in [4.78, 5) is 18.1. The van der Waals surface area contributed by atoms with E-state index in [1.807, 2.05) is 30.3 Å². The van der Waals surface area contributed by atoms with E-state index >= 15 is 0 Å². The van der Waals surface area contributed by atoms with Crippen LogP contribution in [0.5, 0.6) is 0 Å². The maximum atomic E-state index is 13.4. The van der Waals surface area contributed by atoms with Crippen molar-refractivity contribution in [3.8, 4) is 0 Å². The monoisotopic (exact) mass is 436 g/mol. The van der Waals surface area contributed by atoms with E-state index in [-0.39, 0.29) is 5.91 Å². The zero-order chi connectivity index (χ0) is 20.7. The van der Waals surface area contributed by atoms with E-state index in [0.29, 0.717) is 28.0 Å². The van der Waals surface area contributed by atoms with Gasteiger partial charge in [0.15, 0.2) is 0 Å². The average Bonchev–Trinajstić information content (AvgIpc) is 3.37. The highest BCUT2D eigenvalue weighted by Gasteiger charge is 2.24. The Kier molecular flexibility index (Phi) is 4.93. The van der Waals surface area contributed by atoms with E-state index in [9.17, 15) is 4.79 Å². The van der Waals surface area contributed by atoms with Crippen molar-refractivity contribution in [2.45, 2.75) is 25.8 Å². The lowest BCUT2D eigenvalue weighted by Crippen LogP contribution is -2.18. The Bertz CT molecular complexity index is 1280. The van der Waals surface area contributed by atoms with E-state index in [0.717, 1.165) is 47.0 Å². The van der Waals surface area contributed by atoms with Gasteiger partial charge in [-0.2, -0.15) is 5.10 Å². The molecular weight excluding hydrogens is 419 g/mol. The molecule has 0 bridgehead atoms. The van der Waals surface area contributed by atoms with Crippen LogP contribution in [-0.4, -0.2) is 20.7 Å². The molecule has 0 saturated heterocycles. The molecule has 5 nitrogen and oxygen atoms in total. The predicted octanol–water partition coefficient (Wildman–Crippen LogP) is 5.53. The minimum absolute atomic E-state index is 0.143. The normalized spacial score (nSPS) is 12.9. The fourth-order valence-electron chi connectivity index (χ4n) is 4.03. The summed E-state index contributed by atoms with van der Waals surface area (Å²) in [5.41, 5.74) is 4.52. The van der Waals surface area contributed by atoms with Crippen LogP contribution < -0.4 is 5.32 Å². The minimum atomic E-state index is -0.143. The molecule has 0 unspecified atom stereocenters. The van der Waals surface area contributed by atoms with Crippen LogP contribution in [0.25, 0.3) is 10.9 Å². The van der Waals surface area contributed by atoms with Gasteiger partial charge in [0, 0.05) is 27.2 Å². The summed E-state index contributed by atoms with van der Waals surface area (Å²) in [7, 11) is 0. The van der Waals surface area contributed by atoms with E-state index in [2.05, 4.69) is 10.4 Å². The number of hydrogen-bond acceptors (Lipinski definition) is 3. The molecule has 150 valence electrons. The second-order valence-electron chi connectivity index (χ2n) is 7.35. The number of benzene rings is 2. The number of carbonyl (C=O) groups is 1. The molecule has 1 N–H and O–H groups in total. The van der Waals surface area contributed by atoms with Crippen molar-refractivity contribution >= 4 is 45.8 Å². The average molecular weight is 437 g/mol. The Hall–Kier alpha value is -2.89. The summed E-state index contributed by atoms with van der Waals surface area (Å²) in [6.45, 7) is 0.424. The van der Waals surface area contributed by atoms with Crippen LogP contribution in [0.2, 0.25) is 10.0 Å². The predicted molar refractivity (Wildman–Crippen MR) is 120 cm³/mol. The maximum Gasteiger partial charge on any atom is 0.257 e. The third-order valence-electron chi connectivity index (χ3n) is 5.44. The van der Waals surface area contributed by atoms with Crippen molar-refractivity contribution in [1.82, 2.24) is 14.8 Å². The first-order chi connectivity index (χ1) is 14.6. The minimum Gasteiger partial charge on any atom is -0.307 e. The number of aromatic nitrogens is 3. The highest BCUT2D eigenvalue weighted by atomic mass is 35.5. The number of aryl methyl sites for hydroxylation is 1. The molecular formula is C23H18Cl2N4O. The molecule has 2 aromatic heterocycles. The van der Waals surface area contributed by atoms with Gasteiger partial charge in [-0.15, -0.1) is 0 Å². The van der Waals surface area contributed by atoms with Crippen molar-refractivity contribution in [2.75, 3.05) is 5.32 Å². The number of amides is 1. The van der Waals surface area contributed by atoms with Gasteiger partial charge in [-0.1, -0.05) is 47.5 Å². The van der Waals surface area contributed by atoms with E-state index < -0.39 is 0 Å². The largest absolute Gasteiger partial charge is 0.307 e. The van der Waals surface area contributed by atoms with Crippen LogP contribution >= 0.6 is 23.2 Å². The smallest absolute Gasteiger partial charge is 0.257 e. The summed E-state index contributed by atoms with van der Waals surface area (Å²) < 4.78 is 1.72. The molecule has 4 aromatic rings. The zero-order valence-electron chi connectivity index (χ0n) is 16.0. The number of carbonyl (C=O) groups excluding carboxylic acids is 1. The molecule has 1 aliphatic carbocycles. The topological polar surface area (TPSA) is 59.8 Å². The molecule has 2 aromatic carbocycles. The third kappa shape index (κ3) is 3.44. The van der Waals surface area contributed by atoms with Gasteiger partial charge in [-0.3, -0.25) is 9.78 Å². The van der Waals surface area contributed by atoms with Gasteiger partial charge in [0.2, 0.25) is 0 Å². The van der Waals surface area contributed by atoms with Crippen molar-refractivity contribution in [3.63, 3.8) is 0 Å². The Morgan fingerprint density at radius 3 is 2.83 bits per heavy atom. The summed E-state index contributed by atoms with van der Waals surface area (Å²) >= 11 is 12.3. The van der Waals surface area contributed by atoms with Crippen LogP contribution in [0, 0.1) is 0 Å². The molecule has 0 saturated carbocycles. The van der Waals surface area contributed by atoms with E-state index in [1.165, 1.54) is 0 Å². The van der Waals surface area contributed by atoms with Crippen molar-refractivity contribution in [1.29, 1.82) is 0 Å². The first-order valence-corrected chi connectivity index (χ1v) is 10.5. The number of nitrogens with one attached hydrogen (secondary N) is 1. The van der Waals surface area contributed by atoms with Gasteiger partial charge in [-0.05, 0) is 48.6 Å². The molecule has 7 heteroatoms. The van der Waals surface area contributed by atoms with Crippen LogP contribution in [0.3, 0.4) is 0 Å². The van der Waals surface area contributed by atoms with Gasteiger partial charge in [0.25, 0.3) is 5.91 Å². The first kappa shape index (κ1) is 19.1. The number of anilines is 1. The number of rotatable bonds is 4. The number of pyridine rings is 1. The lowest BCUT2D eigenvalue weighted by Gasteiger charge is -2.14. The molecule has 1 aliphatic rings. The molecule has 1 amide bonds. The Balaban J connectivity index is 1.49. The molecule has 0 atom stereocenters. The van der Waals surface area contributed by atoms with Crippen LogP contribution in [0.1, 0.15) is 33.6 Å². The fourth-order valence-corrected chi connectivity index (χ4v) is 4.49. The Morgan fingerprint density at radius 1 is 1.10 bits per heavy atom. The standard InChI is InChI=1S/C23H18Cl2N4O/c24-15-9-8-14(18(25)12-15)13-29-21(10-11-26-29)28-23(30)22-16-4-1-2-6-19(16)27-20-7-3-5-17(20)22/h1-2,4,6,8-12H,3,5,7,13H2,(H,28,30). The highest BCUT2D eigenvalue weighted by Crippen LogP contribution is 2.30. The molecule has 0 spiro atoms. The van der Waals surface area contributed by atoms with Gasteiger partial charge >= 0.3 is 0 Å². The summed E-state index contributed by atoms with van der Waals surface area (Å²) in [5.74, 6) is 0.467. The first-order valence-electron chi connectivity index (χ1n) is 9.78. The fraction of sp³-hybridized carbons (Fsp3) is 0.174. The molecule has 0 radical (unpaired) electrons. The quantitative estimate of drug-likeness (QED) is 0.457. The lowest BCUT2D eigenvalue weighted by molar-refractivity contribution is 0.102. The van der Waals surface area contributed by atoms with Gasteiger partial charge in [0.1, 0.15) is 5.82 Å². The van der Waals surface area contributed by atoms with Crippen molar-refractivity contribution in [2.24, 2.45) is 0 Å². The third-order valence-corrected chi connectivity index (χ3v) is 6.03. The summed E-state index contributed by atoms with van der Waals surface area (Å²) in [5, 5.41) is 9.42. The molecule has 30 heavy (non-hydrogen) atoms. The van der Waals surface area contributed by atoms with Gasteiger partial charge < -0.3 is 5.32 Å². The van der Waals surface area contributed by atoms with Crippen LogP contribution in [0.4, 0.5) is 5.82 Å². The second-order valence-corrected chi connectivity index (χ2v) is 8.19. The molecule has 2 heterocycles. The maximum absolute atomic E-state index is 13.4. The molecule has 0 fully saturated rings. The zero-order valence-corrected chi connectivity index (χ0v) is 17.5. The number of hydrogen-bond donors (Lipinski definition) is 1. The Labute approximate surface area is 183 Å². The summed E-state index contributed by atoms with van der Waals surface area (Å²) in [6.07, 6.45) is 4.46. The number of para-hydroxylation sites is 1. The molecule has 5 rings (SSSR count). The van der Waals surface area contributed by atoms with Crippen molar-refractivity contribution in [3.05, 3.63) is 87.2 Å². The highest BCUT2D eigenvalue weighted by molar-refractivity contribution is 6.35. The van der Waals surface area contributed by atoms with Gasteiger partial charge in [-0.25, -0.2) is 4.68 Å². The van der Waals surface area contributed by atoms with Gasteiger partial charge in [0.05, 0.1) is 23.8 Å². The number of halogens is 2.